The summed E-state index contributed by atoms with van der Waals surface area (Å²) in [4.78, 5) is 33.2. The summed E-state index contributed by atoms with van der Waals surface area (Å²) in [5, 5.41) is 16.8. The van der Waals surface area contributed by atoms with Crippen LogP contribution in [0, 0.1) is 10.1 Å². The number of thiophene rings is 1. The number of rotatable bonds is 6. The molecule has 150 valence electrons. The molecule has 0 aliphatic carbocycles. The van der Waals surface area contributed by atoms with Gasteiger partial charge in [-0.05, 0) is 29.1 Å². The topological polar surface area (TPSA) is 98.0 Å². The molecular weight excluding hydrogens is 444 g/mol. The van der Waals surface area contributed by atoms with Crippen LogP contribution in [0.4, 0.5) is 11.4 Å². The predicted octanol–water partition coefficient (Wildman–Crippen LogP) is 5.73. The molecule has 1 atom stereocenters. The van der Waals surface area contributed by atoms with Crippen LogP contribution in [0.15, 0.2) is 71.3 Å². The van der Waals surface area contributed by atoms with Crippen molar-refractivity contribution in [3.8, 4) is 0 Å². The van der Waals surface area contributed by atoms with Gasteiger partial charge in [0.05, 0.1) is 4.92 Å². The molecule has 30 heavy (non-hydrogen) atoms. The number of fused-ring (bicyclic) bond motifs is 1. The second-order valence-corrected chi connectivity index (χ2v) is 8.53. The molecule has 4 rings (SSSR count). The number of nitrogens with zero attached hydrogens (tertiary/aromatic N) is 3. The Labute approximate surface area is 184 Å². The van der Waals surface area contributed by atoms with Gasteiger partial charge in [0.15, 0.2) is 0 Å². The zero-order valence-electron chi connectivity index (χ0n) is 15.2. The summed E-state index contributed by atoms with van der Waals surface area (Å²) in [7, 11) is 0. The molecule has 10 heteroatoms. The van der Waals surface area contributed by atoms with Gasteiger partial charge in [-0.1, -0.05) is 53.7 Å². The van der Waals surface area contributed by atoms with Crippen molar-refractivity contribution in [1.29, 1.82) is 0 Å². The lowest BCUT2D eigenvalue weighted by atomic mass is 10.1. The van der Waals surface area contributed by atoms with Crippen molar-refractivity contribution in [3.63, 3.8) is 0 Å². The Hall–Kier alpha value is -3.01. The van der Waals surface area contributed by atoms with E-state index >= 15 is 0 Å². The summed E-state index contributed by atoms with van der Waals surface area (Å²) in [6.45, 7) is 0. The molecule has 0 bridgehead atoms. The first-order valence-corrected chi connectivity index (χ1v) is 10.8. The van der Waals surface area contributed by atoms with Crippen LogP contribution in [0.25, 0.3) is 10.2 Å². The fourth-order valence-corrected chi connectivity index (χ4v) is 4.88. The van der Waals surface area contributed by atoms with E-state index in [1.807, 2.05) is 41.8 Å². The molecule has 0 fully saturated rings. The van der Waals surface area contributed by atoms with Crippen molar-refractivity contribution >= 4 is 62.2 Å². The third-order valence-corrected chi connectivity index (χ3v) is 6.62. The standard InChI is InChI=1S/C20H13ClN4O3S2/c21-15-7-6-13(10-16(15)25(27)28)24-18(26)17(12-4-2-1-3-5-12)30-20-14-8-9-29-19(14)22-11-23-20/h1-11,17H,(H,24,26). The highest BCUT2D eigenvalue weighted by atomic mass is 35.5. The van der Waals surface area contributed by atoms with Crippen LogP contribution in [-0.2, 0) is 4.79 Å². The zero-order chi connectivity index (χ0) is 21.1. The molecular formula is C20H13ClN4O3S2. The summed E-state index contributed by atoms with van der Waals surface area (Å²) in [6.07, 6.45) is 1.48. The maximum Gasteiger partial charge on any atom is 0.289 e. The van der Waals surface area contributed by atoms with Gasteiger partial charge in [0.1, 0.15) is 26.5 Å². The molecule has 7 nitrogen and oxygen atoms in total. The van der Waals surface area contributed by atoms with Gasteiger partial charge in [-0.3, -0.25) is 14.9 Å². The van der Waals surface area contributed by atoms with Gasteiger partial charge in [-0.2, -0.15) is 0 Å². The molecule has 2 heterocycles. The molecule has 1 N–H and O–H groups in total. The Morgan fingerprint density at radius 2 is 1.97 bits per heavy atom. The number of nitro groups is 1. The van der Waals surface area contributed by atoms with Crippen LogP contribution in [0.1, 0.15) is 10.8 Å². The minimum Gasteiger partial charge on any atom is -0.325 e. The van der Waals surface area contributed by atoms with Crippen molar-refractivity contribution in [1.82, 2.24) is 9.97 Å². The van der Waals surface area contributed by atoms with Gasteiger partial charge < -0.3 is 5.32 Å². The molecule has 4 aromatic rings. The molecule has 0 aliphatic rings. The van der Waals surface area contributed by atoms with Crippen LogP contribution in [0.3, 0.4) is 0 Å². The van der Waals surface area contributed by atoms with Crippen molar-refractivity contribution in [2.24, 2.45) is 0 Å². The summed E-state index contributed by atoms with van der Waals surface area (Å²) in [5.74, 6) is -0.329. The largest absolute Gasteiger partial charge is 0.325 e. The first kappa shape index (κ1) is 20.3. The van der Waals surface area contributed by atoms with E-state index in [9.17, 15) is 14.9 Å². The normalized spacial score (nSPS) is 11.9. The Kier molecular flexibility index (Phi) is 5.93. The Balaban J connectivity index is 1.66. The first-order valence-electron chi connectivity index (χ1n) is 8.67. The molecule has 2 aromatic heterocycles. The Bertz CT molecular complexity index is 1230. The van der Waals surface area contributed by atoms with Crippen molar-refractivity contribution in [2.45, 2.75) is 10.3 Å². The summed E-state index contributed by atoms with van der Waals surface area (Å²) < 4.78 is 0. The second-order valence-electron chi connectivity index (χ2n) is 6.14. The molecule has 2 aromatic carbocycles. The summed E-state index contributed by atoms with van der Waals surface area (Å²) in [6, 6.07) is 15.4. The number of thioether (sulfide) groups is 1. The monoisotopic (exact) mass is 456 g/mol. The van der Waals surface area contributed by atoms with Gasteiger partial charge in [-0.15, -0.1) is 11.3 Å². The lowest BCUT2D eigenvalue weighted by molar-refractivity contribution is -0.384. The number of halogens is 1. The Morgan fingerprint density at radius 3 is 2.73 bits per heavy atom. The molecule has 0 radical (unpaired) electrons. The zero-order valence-corrected chi connectivity index (χ0v) is 17.6. The first-order chi connectivity index (χ1) is 14.5. The number of hydrogen-bond acceptors (Lipinski definition) is 7. The van der Waals surface area contributed by atoms with Crippen LogP contribution in [0.5, 0.6) is 0 Å². The van der Waals surface area contributed by atoms with E-state index in [1.54, 1.807) is 0 Å². The van der Waals surface area contributed by atoms with Crippen molar-refractivity contribution in [2.75, 3.05) is 5.32 Å². The smallest absolute Gasteiger partial charge is 0.289 e. The van der Waals surface area contributed by atoms with E-state index in [4.69, 9.17) is 11.6 Å². The molecule has 0 saturated carbocycles. The average Bonchev–Trinajstić information content (AvgIpc) is 3.23. The van der Waals surface area contributed by atoms with Gasteiger partial charge in [0.25, 0.3) is 5.69 Å². The molecule has 0 aliphatic heterocycles. The van der Waals surface area contributed by atoms with Crippen molar-refractivity contribution < 1.29 is 9.72 Å². The predicted molar refractivity (Wildman–Crippen MR) is 119 cm³/mol. The summed E-state index contributed by atoms with van der Waals surface area (Å²) in [5.41, 5.74) is 0.806. The lowest BCUT2D eigenvalue weighted by Gasteiger charge is -2.17. The van der Waals surface area contributed by atoms with Crippen LogP contribution >= 0.6 is 34.7 Å². The molecule has 1 unspecified atom stereocenters. The lowest BCUT2D eigenvalue weighted by Crippen LogP contribution is -2.19. The van der Waals surface area contributed by atoms with Crippen LogP contribution in [-0.4, -0.2) is 20.8 Å². The van der Waals surface area contributed by atoms with E-state index in [2.05, 4.69) is 15.3 Å². The van der Waals surface area contributed by atoms with E-state index < -0.39 is 10.2 Å². The SMILES string of the molecule is O=C(Nc1ccc(Cl)c([N+](=O)[O-])c1)C(Sc1ncnc2sccc12)c1ccccc1. The van der Waals surface area contributed by atoms with Gasteiger partial charge in [0, 0.05) is 17.1 Å². The van der Waals surface area contributed by atoms with Gasteiger partial charge in [-0.25, -0.2) is 9.97 Å². The number of nitrogens with one attached hydrogen (secondary N) is 1. The number of hydrogen-bond donors (Lipinski definition) is 1. The number of amides is 1. The van der Waals surface area contributed by atoms with E-state index in [0.717, 1.165) is 15.8 Å². The third kappa shape index (κ3) is 4.28. The van der Waals surface area contributed by atoms with E-state index in [0.29, 0.717) is 10.7 Å². The Morgan fingerprint density at radius 1 is 1.17 bits per heavy atom. The number of benzene rings is 2. The van der Waals surface area contributed by atoms with Gasteiger partial charge in [0.2, 0.25) is 5.91 Å². The molecule has 0 spiro atoms. The second kappa shape index (κ2) is 8.78. The number of anilines is 1. The molecule has 0 saturated heterocycles. The number of carbonyl (C=O) groups excluding carboxylic acids is 1. The number of nitro benzene ring substituents is 1. The quantitative estimate of drug-likeness (QED) is 0.172. The minimum absolute atomic E-state index is 0.00724. The van der Waals surface area contributed by atoms with Crippen LogP contribution in [0.2, 0.25) is 5.02 Å². The van der Waals surface area contributed by atoms with Gasteiger partial charge >= 0.3 is 0 Å². The van der Waals surface area contributed by atoms with Crippen molar-refractivity contribution in [3.05, 3.63) is 87.0 Å². The molecule has 1 amide bonds. The summed E-state index contributed by atoms with van der Waals surface area (Å²) >= 11 is 8.67. The highest BCUT2D eigenvalue weighted by Gasteiger charge is 2.25. The third-order valence-electron chi connectivity index (χ3n) is 4.21. The van der Waals surface area contributed by atoms with E-state index in [-0.39, 0.29) is 16.6 Å². The highest BCUT2D eigenvalue weighted by Crippen LogP contribution is 2.39. The van der Waals surface area contributed by atoms with E-state index in [1.165, 1.54) is 47.6 Å². The number of carbonyl (C=O) groups is 1. The maximum atomic E-state index is 13.2. The minimum atomic E-state index is -0.626. The fraction of sp³-hybridized carbons (Fsp3) is 0.0500. The fourth-order valence-electron chi connectivity index (χ4n) is 2.81. The van der Waals surface area contributed by atoms with Crippen LogP contribution < -0.4 is 5.32 Å². The number of aromatic nitrogens is 2. The average molecular weight is 457 g/mol. The highest BCUT2D eigenvalue weighted by molar-refractivity contribution is 8.00. The maximum absolute atomic E-state index is 13.2.